The number of hydrogen-bond acceptors (Lipinski definition) is 3. The van der Waals surface area contributed by atoms with Crippen LogP contribution in [0, 0.1) is 6.92 Å². The van der Waals surface area contributed by atoms with Crippen LogP contribution in [-0.4, -0.2) is 22.1 Å². The van der Waals surface area contributed by atoms with Crippen LogP contribution >= 0.6 is 0 Å². The Morgan fingerprint density at radius 3 is 2.79 bits per heavy atom. The van der Waals surface area contributed by atoms with E-state index in [0.717, 1.165) is 11.4 Å². The Morgan fingerprint density at radius 1 is 1.17 bits per heavy atom. The second kappa shape index (κ2) is 7.00. The van der Waals surface area contributed by atoms with Crippen molar-refractivity contribution in [1.82, 2.24) is 9.55 Å². The predicted molar refractivity (Wildman–Crippen MR) is 93.9 cm³/mol. The summed E-state index contributed by atoms with van der Waals surface area (Å²) in [6.07, 6.45) is 3.59. The lowest BCUT2D eigenvalue weighted by Gasteiger charge is -2.13. The highest BCUT2D eigenvalue weighted by Gasteiger charge is 2.15. The highest BCUT2D eigenvalue weighted by atomic mass is 16.5. The Morgan fingerprint density at radius 2 is 2.00 bits per heavy atom. The molecule has 0 bridgehead atoms. The molecule has 0 unspecified atom stereocenters. The molecule has 3 aromatic rings. The van der Waals surface area contributed by atoms with E-state index < -0.39 is 0 Å². The fourth-order valence-electron chi connectivity index (χ4n) is 2.54. The van der Waals surface area contributed by atoms with Gasteiger partial charge in [0.1, 0.15) is 11.4 Å². The van der Waals surface area contributed by atoms with Gasteiger partial charge in [0, 0.05) is 12.4 Å². The molecule has 0 aliphatic rings. The second-order valence-corrected chi connectivity index (χ2v) is 5.25. The Kier molecular flexibility index (Phi) is 4.61. The summed E-state index contributed by atoms with van der Waals surface area (Å²) in [4.78, 5) is 17.0. The third-order valence-corrected chi connectivity index (χ3v) is 3.66. The topological polar surface area (TPSA) is 56.1 Å². The van der Waals surface area contributed by atoms with Crippen molar-refractivity contribution in [2.24, 2.45) is 0 Å². The summed E-state index contributed by atoms with van der Waals surface area (Å²) in [5, 5.41) is 2.92. The number of carbonyl (C=O) groups is 1. The summed E-state index contributed by atoms with van der Waals surface area (Å²) in [6.45, 7) is 4.37. The molecule has 1 aromatic carbocycles. The van der Waals surface area contributed by atoms with Crippen molar-refractivity contribution in [3.05, 3.63) is 72.3 Å². The standard InChI is InChI=1S/C19H19N3O2/c1-3-24-18-11-5-4-8-15(18)21-19(23)17-10-7-13-22(17)16-9-6-12-20-14(16)2/h4-13H,3H2,1-2H3,(H,21,23). The van der Waals surface area contributed by atoms with E-state index in [4.69, 9.17) is 4.74 Å². The molecule has 2 aromatic heterocycles. The molecule has 0 saturated carbocycles. The Hall–Kier alpha value is -3.08. The van der Waals surface area contributed by atoms with Crippen molar-refractivity contribution in [1.29, 1.82) is 0 Å². The molecule has 0 aliphatic heterocycles. The average molecular weight is 321 g/mol. The number of pyridine rings is 1. The van der Waals surface area contributed by atoms with Gasteiger partial charge in [-0.25, -0.2) is 0 Å². The molecule has 0 radical (unpaired) electrons. The molecule has 24 heavy (non-hydrogen) atoms. The van der Waals surface area contributed by atoms with Crippen LogP contribution in [0.2, 0.25) is 0 Å². The monoisotopic (exact) mass is 321 g/mol. The fraction of sp³-hybridized carbons (Fsp3) is 0.158. The third kappa shape index (κ3) is 3.15. The van der Waals surface area contributed by atoms with Crippen LogP contribution in [-0.2, 0) is 0 Å². The van der Waals surface area contributed by atoms with Gasteiger partial charge in [0.25, 0.3) is 5.91 Å². The van der Waals surface area contributed by atoms with Gasteiger partial charge in [-0.05, 0) is 50.2 Å². The van der Waals surface area contributed by atoms with Crippen molar-refractivity contribution in [2.45, 2.75) is 13.8 Å². The van der Waals surface area contributed by atoms with Gasteiger partial charge in [0.2, 0.25) is 0 Å². The second-order valence-electron chi connectivity index (χ2n) is 5.25. The van der Waals surface area contributed by atoms with Crippen molar-refractivity contribution in [3.8, 4) is 11.4 Å². The molecule has 0 saturated heterocycles. The number of anilines is 1. The van der Waals surface area contributed by atoms with E-state index in [1.807, 2.05) is 67.1 Å². The van der Waals surface area contributed by atoms with Crippen LogP contribution in [0.5, 0.6) is 5.75 Å². The molecule has 0 fully saturated rings. The summed E-state index contributed by atoms with van der Waals surface area (Å²) in [5.41, 5.74) is 2.93. The third-order valence-electron chi connectivity index (χ3n) is 3.66. The lowest BCUT2D eigenvalue weighted by Crippen LogP contribution is -2.17. The Balaban J connectivity index is 1.90. The molecule has 2 heterocycles. The number of hydrogen-bond donors (Lipinski definition) is 1. The van der Waals surface area contributed by atoms with Crippen LogP contribution in [0.15, 0.2) is 60.9 Å². The molecule has 3 rings (SSSR count). The number of benzene rings is 1. The van der Waals surface area contributed by atoms with Gasteiger partial charge in [0.05, 0.1) is 23.7 Å². The maximum atomic E-state index is 12.7. The number of rotatable bonds is 5. The maximum Gasteiger partial charge on any atom is 0.272 e. The van der Waals surface area contributed by atoms with Gasteiger partial charge >= 0.3 is 0 Å². The SMILES string of the molecule is CCOc1ccccc1NC(=O)c1cccn1-c1cccnc1C. The Bertz CT molecular complexity index is 855. The molecule has 5 heteroatoms. The van der Waals surface area contributed by atoms with Gasteiger partial charge in [-0.15, -0.1) is 0 Å². The minimum Gasteiger partial charge on any atom is -0.492 e. The van der Waals surface area contributed by atoms with Gasteiger partial charge < -0.3 is 14.6 Å². The van der Waals surface area contributed by atoms with E-state index in [1.54, 1.807) is 12.3 Å². The average Bonchev–Trinajstić information content (AvgIpc) is 3.07. The number of ether oxygens (including phenoxy) is 1. The van der Waals surface area contributed by atoms with Crippen LogP contribution in [0.3, 0.4) is 0 Å². The number of nitrogens with one attached hydrogen (secondary N) is 1. The molecule has 1 N–H and O–H groups in total. The van der Waals surface area contributed by atoms with Crippen LogP contribution in [0.25, 0.3) is 5.69 Å². The molecule has 0 spiro atoms. The van der Waals surface area contributed by atoms with Crippen LogP contribution in [0.4, 0.5) is 5.69 Å². The predicted octanol–water partition coefficient (Wildman–Crippen LogP) is 3.83. The minimum atomic E-state index is -0.199. The molecular weight excluding hydrogens is 302 g/mol. The van der Waals surface area contributed by atoms with Gasteiger partial charge in [-0.3, -0.25) is 9.78 Å². The zero-order chi connectivity index (χ0) is 16.9. The zero-order valence-corrected chi connectivity index (χ0v) is 13.7. The summed E-state index contributed by atoms with van der Waals surface area (Å²) >= 11 is 0. The van der Waals surface area contributed by atoms with E-state index in [-0.39, 0.29) is 5.91 Å². The first-order valence-electron chi connectivity index (χ1n) is 7.83. The van der Waals surface area contributed by atoms with Gasteiger partial charge in [-0.1, -0.05) is 12.1 Å². The maximum absolute atomic E-state index is 12.7. The van der Waals surface area contributed by atoms with Crippen molar-refractivity contribution in [2.75, 3.05) is 11.9 Å². The molecule has 0 atom stereocenters. The first-order valence-corrected chi connectivity index (χ1v) is 7.83. The molecule has 122 valence electrons. The number of nitrogens with zero attached hydrogens (tertiary/aromatic N) is 2. The lowest BCUT2D eigenvalue weighted by atomic mass is 10.2. The van der Waals surface area contributed by atoms with Crippen molar-refractivity contribution < 1.29 is 9.53 Å². The normalized spacial score (nSPS) is 10.4. The summed E-state index contributed by atoms with van der Waals surface area (Å²) in [6, 6.07) is 14.8. The van der Waals surface area contributed by atoms with E-state index >= 15 is 0 Å². The van der Waals surface area contributed by atoms with Crippen molar-refractivity contribution in [3.63, 3.8) is 0 Å². The quantitative estimate of drug-likeness (QED) is 0.777. The molecule has 1 amide bonds. The van der Waals surface area contributed by atoms with Crippen LogP contribution in [0.1, 0.15) is 23.1 Å². The first-order chi connectivity index (χ1) is 11.7. The fourth-order valence-corrected chi connectivity index (χ4v) is 2.54. The van der Waals surface area contributed by atoms with E-state index in [9.17, 15) is 4.79 Å². The number of aromatic nitrogens is 2. The number of para-hydroxylation sites is 2. The number of amides is 1. The minimum absolute atomic E-state index is 0.199. The molecule has 0 aliphatic carbocycles. The zero-order valence-electron chi connectivity index (χ0n) is 13.7. The summed E-state index contributed by atoms with van der Waals surface area (Å²) in [5.74, 6) is 0.458. The summed E-state index contributed by atoms with van der Waals surface area (Å²) < 4.78 is 7.39. The van der Waals surface area contributed by atoms with Gasteiger partial charge in [0.15, 0.2) is 0 Å². The number of carbonyl (C=O) groups excluding carboxylic acids is 1. The van der Waals surface area contributed by atoms with Crippen molar-refractivity contribution >= 4 is 11.6 Å². The van der Waals surface area contributed by atoms with E-state index in [0.29, 0.717) is 23.7 Å². The first kappa shape index (κ1) is 15.8. The summed E-state index contributed by atoms with van der Waals surface area (Å²) in [7, 11) is 0. The highest BCUT2D eigenvalue weighted by molar-refractivity contribution is 6.04. The van der Waals surface area contributed by atoms with E-state index in [1.165, 1.54) is 0 Å². The largest absolute Gasteiger partial charge is 0.492 e. The van der Waals surface area contributed by atoms with E-state index in [2.05, 4.69) is 10.3 Å². The molecule has 5 nitrogen and oxygen atoms in total. The Labute approximate surface area is 140 Å². The number of aryl methyl sites for hydroxylation is 1. The highest BCUT2D eigenvalue weighted by Crippen LogP contribution is 2.25. The van der Waals surface area contributed by atoms with Crippen LogP contribution < -0.4 is 10.1 Å². The van der Waals surface area contributed by atoms with Gasteiger partial charge in [-0.2, -0.15) is 0 Å². The molecular formula is C19H19N3O2. The lowest BCUT2D eigenvalue weighted by molar-refractivity contribution is 0.102. The smallest absolute Gasteiger partial charge is 0.272 e.